The Morgan fingerprint density at radius 2 is 2.25 bits per heavy atom. The van der Waals surface area contributed by atoms with Crippen LogP contribution < -0.4 is 5.32 Å². The SMILES string of the molecule is CCSc1cccc(Nc2cnn(CC)c2)c1C(=O)O. The van der Waals surface area contributed by atoms with E-state index in [9.17, 15) is 9.90 Å². The number of hydrogen-bond acceptors (Lipinski definition) is 4. The van der Waals surface area contributed by atoms with E-state index in [4.69, 9.17) is 0 Å². The Morgan fingerprint density at radius 1 is 1.45 bits per heavy atom. The molecule has 2 aromatic rings. The lowest BCUT2D eigenvalue weighted by Crippen LogP contribution is -2.04. The van der Waals surface area contributed by atoms with Crippen molar-refractivity contribution in [3.8, 4) is 0 Å². The zero-order valence-corrected chi connectivity index (χ0v) is 12.3. The van der Waals surface area contributed by atoms with E-state index < -0.39 is 5.97 Å². The van der Waals surface area contributed by atoms with E-state index in [2.05, 4.69) is 10.4 Å². The van der Waals surface area contributed by atoms with Crippen LogP contribution in [0.2, 0.25) is 0 Å². The maximum absolute atomic E-state index is 11.5. The predicted octanol–water partition coefficient (Wildman–Crippen LogP) is 3.46. The lowest BCUT2D eigenvalue weighted by atomic mass is 10.1. The standard InChI is InChI=1S/C14H17N3O2S/c1-3-17-9-10(8-15-17)16-11-6-5-7-12(20-4-2)13(11)14(18)19/h5-9,16H,3-4H2,1-2H3,(H,18,19). The summed E-state index contributed by atoms with van der Waals surface area (Å²) < 4.78 is 1.79. The lowest BCUT2D eigenvalue weighted by Gasteiger charge is -2.11. The van der Waals surface area contributed by atoms with E-state index in [1.807, 2.05) is 32.2 Å². The second-order valence-electron chi connectivity index (χ2n) is 4.13. The molecule has 0 unspecified atom stereocenters. The third kappa shape index (κ3) is 3.14. The van der Waals surface area contributed by atoms with Crippen LogP contribution in [-0.2, 0) is 6.54 Å². The second kappa shape index (κ2) is 6.47. The van der Waals surface area contributed by atoms with Gasteiger partial charge in [0.25, 0.3) is 0 Å². The number of aromatic nitrogens is 2. The number of anilines is 2. The monoisotopic (exact) mass is 291 g/mol. The van der Waals surface area contributed by atoms with Gasteiger partial charge in [-0.1, -0.05) is 13.0 Å². The molecule has 0 saturated carbocycles. The third-order valence-electron chi connectivity index (χ3n) is 2.78. The van der Waals surface area contributed by atoms with Gasteiger partial charge in [-0.05, 0) is 24.8 Å². The van der Waals surface area contributed by atoms with Gasteiger partial charge in [0.15, 0.2) is 0 Å². The minimum absolute atomic E-state index is 0.309. The summed E-state index contributed by atoms with van der Waals surface area (Å²) in [6.07, 6.45) is 3.54. The fourth-order valence-electron chi connectivity index (χ4n) is 1.89. The molecule has 5 nitrogen and oxygen atoms in total. The molecule has 1 aromatic carbocycles. The molecule has 2 N–H and O–H groups in total. The Morgan fingerprint density at radius 3 is 2.85 bits per heavy atom. The molecular formula is C14H17N3O2S. The van der Waals surface area contributed by atoms with Gasteiger partial charge in [0.2, 0.25) is 0 Å². The number of carboxylic acid groups (broad SMARTS) is 1. The number of thioether (sulfide) groups is 1. The summed E-state index contributed by atoms with van der Waals surface area (Å²) in [5, 5.41) is 16.7. The van der Waals surface area contributed by atoms with Crippen molar-refractivity contribution in [2.24, 2.45) is 0 Å². The zero-order valence-electron chi connectivity index (χ0n) is 11.5. The molecular weight excluding hydrogens is 274 g/mol. The first-order chi connectivity index (χ1) is 9.65. The highest BCUT2D eigenvalue weighted by Gasteiger charge is 2.16. The highest BCUT2D eigenvalue weighted by molar-refractivity contribution is 7.99. The van der Waals surface area contributed by atoms with Crippen LogP contribution in [0.5, 0.6) is 0 Å². The molecule has 0 aliphatic rings. The summed E-state index contributed by atoms with van der Waals surface area (Å²) in [6, 6.07) is 5.46. The maximum Gasteiger partial charge on any atom is 0.338 e. The molecule has 20 heavy (non-hydrogen) atoms. The topological polar surface area (TPSA) is 67.2 Å². The minimum atomic E-state index is -0.924. The molecule has 0 saturated heterocycles. The van der Waals surface area contributed by atoms with E-state index in [0.29, 0.717) is 11.3 Å². The molecule has 0 bridgehead atoms. The molecule has 0 aliphatic carbocycles. The van der Waals surface area contributed by atoms with Crippen molar-refractivity contribution in [3.05, 3.63) is 36.2 Å². The van der Waals surface area contributed by atoms with Crippen LogP contribution in [-0.4, -0.2) is 26.6 Å². The van der Waals surface area contributed by atoms with Gasteiger partial charge in [-0.3, -0.25) is 4.68 Å². The molecule has 2 rings (SSSR count). The van der Waals surface area contributed by atoms with E-state index in [1.54, 1.807) is 16.9 Å². The first kappa shape index (κ1) is 14.5. The first-order valence-electron chi connectivity index (χ1n) is 6.44. The fraction of sp³-hybridized carbons (Fsp3) is 0.286. The smallest absolute Gasteiger partial charge is 0.338 e. The number of benzene rings is 1. The Hall–Kier alpha value is -1.95. The molecule has 0 aliphatic heterocycles. The molecule has 0 radical (unpaired) electrons. The Bertz CT molecular complexity index is 610. The minimum Gasteiger partial charge on any atom is -0.478 e. The molecule has 0 spiro atoms. The highest BCUT2D eigenvalue weighted by atomic mass is 32.2. The summed E-state index contributed by atoms with van der Waals surface area (Å²) in [6.45, 7) is 4.78. The lowest BCUT2D eigenvalue weighted by molar-refractivity contribution is 0.0694. The van der Waals surface area contributed by atoms with Crippen LogP contribution in [0.1, 0.15) is 24.2 Å². The summed E-state index contributed by atoms with van der Waals surface area (Å²) in [4.78, 5) is 12.3. The normalized spacial score (nSPS) is 10.5. The average molecular weight is 291 g/mol. The molecule has 1 aromatic heterocycles. The van der Waals surface area contributed by atoms with Crippen molar-refractivity contribution in [1.82, 2.24) is 9.78 Å². The number of nitrogens with one attached hydrogen (secondary N) is 1. The number of nitrogens with zero attached hydrogens (tertiary/aromatic N) is 2. The summed E-state index contributed by atoms with van der Waals surface area (Å²) in [5.41, 5.74) is 1.68. The van der Waals surface area contributed by atoms with Gasteiger partial charge in [0, 0.05) is 17.6 Å². The van der Waals surface area contributed by atoms with Crippen molar-refractivity contribution in [3.63, 3.8) is 0 Å². The van der Waals surface area contributed by atoms with Gasteiger partial charge in [-0.2, -0.15) is 5.10 Å². The van der Waals surface area contributed by atoms with Crippen LogP contribution in [0.25, 0.3) is 0 Å². The molecule has 0 amide bonds. The van der Waals surface area contributed by atoms with E-state index in [-0.39, 0.29) is 0 Å². The van der Waals surface area contributed by atoms with Crippen LogP contribution >= 0.6 is 11.8 Å². The maximum atomic E-state index is 11.5. The average Bonchev–Trinajstić information content (AvgIpc) is 2.86. The number of carbonyl (C=O) groups is 1. The number of aryl methyl sites for hydroxylation is 1. The van der Waals surface area contributed by atoms with Gasteiger partial charge in [0.05, 0.1) is 23.1 Å². The van der Waals surface area contributed by atoms with Crippen LogP contribution in [0.15, 0.2) is 35.5 Å². The quantitative estimate of drug-likeness (QED) is 0.798. The molecule has 6 heteroatoms. The number of rotatable bonds is 6. The number of hydrogen-bond donors (Lipinski definition) is 2. The summed E-state index contributed by atoms with van der Waals surface area (Å²) in [7, 11) is 0. The van der Waals surface area contributed by atoms with Gasteiger partial charge in [-0.15, -0.1) is 11.8 Å². The Kier molecular flexibility index (Phi) is 4.68. The largest absolute Gasteiger partial charge is 0.478 e. The predicted molar refractivity (Wildman–Crippen MR) is 81.0 cm³/mol. The number of aromatic carboxylic acids is 1. The van der Waals surface area contributed by atoms with Crippen LogP contribution in [0.3, 0.4) is 0 Å². The molecule has 0 fully saturated rings. The number of carboxylic acids is 1. The Balaban J connectivity index is 2.35. The van der Waals surface area contributed by atoms with E-state index in [1.165, 1.54) is 11.8 Å². The van der Waals surface area contributed by atoms with Gasteiger partial charge in [-0.25, -0.2) is 4.79 Å². The fourth-order valence-corrected chi connectivity index (χ4v) is 2.72. The third-order valence-corrected chi connectivity index (χ3v) is 3.72. The van der Waals surface area contributed by atoms with Gasteiger partial charge < -0.3 is 10.4 Å². The van der Waals surface area contributed by atoms with Gasteiger partial charge >= 0.3 is 5.97 Å². The van der Waals surface area contributed by atoms with Crippen molar-refractivity contribution >= 4 is 29.1 Å². The van der Waals surface area contributed by atoms with Gasteiger partial charge in [0.1, 0.15) is 0 Å². The second-order valence-corrected chi connectivity index (χ2v) is 5.43. The molecule has 0 atom stereocenters. The highest BCUT2D eigenvalue weighted by Crippen LogP contribution is 2.30. The zero-order chi connectivity index (χ0) is 14.5. The summed E-state index contributed by atoms with van der Waals surface area (Å²) in [5.74, 6) is -0.0933. The van der Waals surface area contributed by atoms with Crippen molar-refractivity contribution in [2.45, 2.75) is 25.3 Å². The molecule has 1 heterocycles. The van der Waals surface area contributed by atoms with Crippen molar-refractivity contribution in [2.75, 3.05) is 11.1 Å². The first-order valence-corrected chi connectivity index (χ1v) is 7.42. The van der Waals surface area contributed by atoms with E-state index in [0.717, 1.165) is 22.9 Å². The van der Waals surface area contributed by atoms with Crippen LogP contribution in [0, 0.1) is 0 Å². The van der Waals surface area contributed by atoms with Crippen molar-refractivity contribution < 1.29 is 9.90 Å². The molecule has 106 valence electrons. The summed E-state index contributed by atoms with van der Waals surface area (Å²) >= 11 is 1.52. The Labute approximate surface area is 122 Å². The van der Waals surface area contributed by atoms with Crippen molar-refractivity contribution in [1.29, 1.82) is 0 Å². The van der Waals surface area contributed by atoms with E-state index >= 15 is 0 Å². The van der Waals surface area contributed by atoms with Crippen LogP contribution in [0.4, 0.5) is 11.4 Å².